The molecule has 0 amide bonds. The zero-order valence-corrected chi connectivity index (χ0v) is 12.1. The Hall–Kier alpha value is -0.730. The molecule has 0 fully saturated rings. The summed E-state index contributed by atoms with van der Waals surface area (Å²) in [5, 5.41) is 0.792. The van der Waals surface area contributed by atoms with Crippen molar-refractivity contribution in [2.75, 3.05) is 0 Å². The van der Waals surface area contributed by atoms with Crippen LogP contribution in [-0.2, 0) is 0 Å². The number of ether oxygens (including phenoxy) is 1. The zero-order chi connectivity index (χ0) is 13.2. The monoisotopic (exact) mass is 255 g/mol. The summed E-state index contributed by atoms with van der Waals surface area (Å²) >= 11 is 6.28. The Morgan fingerprint density at radius 3 is 2.41 bits per heavy atom. The minimum Gasteiger partial charge on any atom is -0.491 e. The van der Waals surface area contributed by atoms with Gasteiger partial charge in [-0.25, -0.2) is 0 Å². The fourth-order valence-electron chi connectivity index (χ4n) is 1.95. The molecule has 0 aliphatic carbocycles. The second-order valence-corrected chi connectivity index (χ2v) is 5.10. The summed E-state index contributed by atoms with van der Waals surface area (Å²) in [5.74, 6) is 0.869. The van der Waals surface area contributed by atoms with Crippen LogP contribution in [0.3, 0.4) is 0 Å². The van der Waals surface area contributed by atoms with Crippen LogP contribution in [0.25, 0.3) is 0 Å². The first-order valence-corrected chi connectivity index (χ1v) is 6.48. The van der Waals surface area contributed by atoms with E-state index in [4.69, 9.17) is 22.1 Å². The number of rotatable bonds is 4. The van der Waals surface area contributed by atoms with Crippen LogP contribution in [0.15, 0.2) is 6.07 Å². The van der Waals surface area contributed by atoms with Crippen LogP contribution in [0.2, 0.25) is 5.02 Å². The van der Waals surface area contributed by atoms with Crippen LogP contribution in [-0.4, -0.2) is 6.10 Å². The quantitative estimate of drug-likeness (QED) is 0.877. The van der Waals surface area contributed by atoms with Gasteiger partial charge in [0, 0.05) is 16.6 Å². The Labute approximate surface area is 109 Å². The number of benzene rings is 1. The van der Waals surface area contributed by atoms with Gasteiger partial charge in [-0.3, -0.25) is 0 Å². The maximum atomic E-state index is 6.28. The molecule has 2 nitrogen and oxygen atoms in total. The molecule has 1 atom stereocenters. The predicted octanol–water partition coefficient (Wildman–Crippen LogP) is 4.15. The Morgan fingerprint density at radius 2 is 1.94 bits per heavy atom. The van der Waals surface area contributed by atoms with Gasteiger partial charge in [-0.05, 0) is 51.3 Å². The summed E-state index contributed by atoms with van der Waals surface area (Å²) in [6.07, 6.45) is 1.01. The summed E-state index contributed by atoms with van der Waals surface area (Å²) in [4.78, 5) is 0. The Balaban J connectivity index is 3.35. The van der Waals surface area contributed by atoms with E-state index in [-0.39, 0.29) is 12.1 Å². The number of nitrogens with two attached hydrogens (primary N) is 1. The molecule has 0 aliphatic rings. The third-order valence-corrected chi connectivity index (χ3v) is 3.45. The van der Waals surface area contributed by atoms with Gasteiger partial charge in [0.05, 0.1) is 6.10 Å². The summed E-state index contributed by atoms with van der Waals surface area (Å²) < 4.78 is 5.85. The zero-order valence-electron chi connectivity index (χ0n) is 11.3. The predicted molar refractivity (Wildman–Crippen MR) is 73.9 cm³/mol. The first kappa shape index (κ1) is 14.3. The van der Waals surface area contributed by atoms with E-state index >= 15 is 0 Å². The molecule has 0 spiro atoms. The van der Waals surface area contributed by atoms with E-state index in [2.05, 4.69) is 6.92 Å². The molecule has 1 unspecified atom stereocenters. The van der Waals surface area contributed by atoms with E-state index in [9.17, 15) is 0 Å². The Morgan fingerprint density at radius 1 is 1.35 bits per heavy atom. The number of halogens is 1. The highest BCUT2D eigenvalue weighted by Crippen LogP contribution is 2.36. The lowest BCUT2D eigenvalue weighted by Crippen LogP contribution is -2.15. The van der Waals surface area contributed by atoms with Crippen molar-refractivity contribution in [2.45, 2.75) is 53.2 Å². The van der Waals surface area contributed by atoms with Crippen molar-refractivity contribution in [1.29, 1.82) is 0 Å². The van der Waals surface area contributed by atoms with Gasteiger partial charge >= 0.3 is 0 Å². The van der Waals surface area contributed by atoms with Crippen molar-refractivity contribution in [1.82, 2.24) is 0 Å². The Kier molecular flexibility index (Phi) is 4.84. The summed E-state index contributed by atoms with van der Waals surface area (Å²) in [5.41, 5.74) is 9.26. The minimum absolute atomic E-state index is 0.0261. The molecule has 2 N–H and O–H groups in total. The van der Waals surface area contributed by atoms with Crippen molar-refractivity contribution in [2.24, 2.45) is 5.73 Å². The van der Waals surface area contributed by atoms with Gasteiger partial charge in [0.1, 0.15) is 5.75 Å². The molecule has 0 radical (unpaired) electrons. The van der Waals surface area contributed by atoms with Crippen LogP contribution in [0.1, 0.15) is 49.9 Å². The lowest BCUT2D eigenvalue weighted by Gasteiger charge is -2.22. The van der Waals surface area contributed by atoms with Gasteiger partial charge in [0.2, 0.25) is 0 Å². The first-order chi connectivity index (χ1) is 7.88. The van der Waals surface area contributed by atoms with Gasteiger partial charge in [-0.1, -0.05) is 18.5 Å². The van der Waals surface area contributed by atoms with Gasteiger partial charge < -0.3 is 10.5 Å². The van der Waals surface area contributed by atoms with Crippen LogP contribution >= 0.6 is 11.6 Å². The molecule has 0 heterocycles. The molecule has 1 rings (SSSR count). The lowest BCUT2D eigenvalue weighted by molar-refractivity contribution is 0.238. The topological polar surface area (TPSA) is 35.2 Å². The number of hydrogen-bond acceptors (Lipinski definition) is 2. The van der Waals surface area contributed by atoms with Gasteiger partial charge in [0.15, 0.2) is 0 Å². The average molecular weight is 256 g/mol. The molecule has 17 heavy (non-hydrogen) atoms. The highest BCUT2D eigenvalue weighted by molar-refractivity contribution is 6.32. The van der Waals surface area contributed by atoms with Crippen LogP contribution in [0.5, 0.6) is 5.75 Å². The fourth-order valence-corrected chi connectivity index (χ4v) is 2.11. The maximum Gasteiger partial charge on any atom is 0.125 e. The lowest BCUT2D eigenvalue weighted by atomic mass is 9.96. The van der Waals surface area contributed by atoms with Crippen molar-refractivity contribution >= 4 is 11.6 Å². The van der Waals surface area contributed by atoms with E-state index in [0.717, 1.165) is 33.9 Å². The third-order valence-electron chi connectivity index (χ3n) is 2.87. The molecular formula is C14H22ClNO. The van der Waals surface area contributed by atoms with Gasteiger partial charge in [-0.2, -0.15) is 0 Å². The van der Waals surface area contributed by atoms with Crippen LogP contribution < -0.4 is 10.5 Å². The second kappa shape index (κ2) is 5.74. The third kappa shape index (κ3) is 3.14. The molecule has 3 heteroatoms. The highest BCUT2D eigenvalue weighted by atomic mass is 35.5. The van der Waals surface area contributed by atoms with Crippen molar-refractivity contribution in [3.05, 3.63) is 27.8 Å². The molecule has 1 aromatic rings. The largest absolute Gasteiger partial charge is 0.491 e. The van der Waals surface area contributed by atoms with Crippen molar-refractivity contribution in [3.8, 4) is 5.75 Å². The molecule has 0 saturated carbocycles. The molecule has 1 aromatic carbocycles. The van der Waals surface area contributed by atoms with Crippen molar-refractivity contribution < 1.29 is 4.74 Å². The minimum atomic E-state index is -0.0261. The SMILES string of the molecule is CCC(N)c1c(OC(C)C)cc(C)c(Cl)c1C. The summed E-state index contributed by atoms with van der Waals surface area (Å²) in [7, 11) is 0. The highest BCUT2D eigenvalue weighted by Gasteiger charge is 2.18. The number of aryl methyl sites for hydroxylation is 1. The molecular weight excluding hydrogens is 234 g/mol. The smallest absolute Gasteiger partial charge is 0.125 e. The number of hydrogen-bond donors (Lipinski definition) is 1. The summed E-state index contributed by atoms with van der Waals surface area (Å²) in [6, 6.07) is 1.96. The maximum absolute atomic E-state index is 6.28. The Bertz CT molecular complexity index is 402. The van der Waals surface area contributed by atoms with E-state index in [0.29, 0.717) is 0 Å². The van der Waals surface area contributed by atoms with Crippen LogP contribution in [0, 0.1) is 13.8 Å². The fraction of sp³-hybridized carbons (Fsp3) is 0.571. The molecule has 0 saturated heterocycles. The van der Waals surface area contributed by atoms with Gasteiger partial charge in [0.25, 0.3) is 0 Å². The molecule has 0 bridgehead atoms. The molecule has 0 aromatic heterocycles. The van der Waals surface area contributed by atoms with Crippen LogP contribution in [0.4, 0.5) is 0 Å². The van der Waals surface area contributed by atoms with Crippen molar-refractivity contribution in [3.63, 3.8) is 0 Å². The second-order valence-electron chi connectivity index (χ2n) is 4.73. The van der Waals surface area contributed by atoms with Gasteiger partial charge in [-0.15, -0.1) is 0 Å². The summed E-state index contributed by atoms with van der Waals surface area (Å²) in [6.45, 7) is 10.1. The molecule has 0 aliphatic heterocycles. The first-order valence-electron chi connectivity index (χ1n) is 6.10. The standard InChI is InChI=1S/C14H22ClNO/c1-6-11(16)13-10(5)14(15)9(4)7-12(13)17-8(2)3/h7-8,11H,6,16H2,1-5H3. The molecule has 96 valence electrons. The van der Waals surface area contributed by atoms with E-state index < -0.39 is 0 Å². The van der Waals surface area contributed by atoms with E-state index in [1.54, 1.807) is 0 Å². The van der Waals surface area contributed by atoms with E-state index in [1.807, 2.05) is 33.8 Å². The normalized spacial score (nSPS) is 12.9. The van der Waals surface area contributed by atoms with E-state index in [1.165, 1.54) is 0 Å². The average Bonchev–Trinajstić information content (AvgIpc) is 2.25.